The van der Waals surface area contributed by atoms with Crippen molar-refractivity contribution in [2.75, 3.05) is 25.4 Å². The summed E-state index contributed by atoms with van der Waals surface area (Å²) in [6, 6.07) is 0. The maximum Gasteiger partial charge on any atom is 0.0443 e. The fourth-order valence-corrected chi connectivity index (χ4v) is 3.28. The lowest BCUT2D eigenvalue weighted by Crippen LogP contribution is -2.59. The van der Waals surface area contributed by atoms with E-state index in [0.29, 0.717) is 11.8 Å². The molecule has 0 spiro atoms. The van der Waals surface area contributed by atoms with Crippen molar-refractivity contribution >= 4 is 11.8 Å². The molecule has 1 fully saturated rings. The summed E-state index contributed by atoms with van der Waals surface area (Å²) in [5, 5.41) is 12.9. The van der Waals surface area contributed by atoms with Crippen molar-refractivity contribution in [1.29, 1.82) is 0 Å². The first-order valence-electron chi connectivity index (χ1n) is 5.43. The summed E-state index contributed by atoms with van der Waals surface area (Å²) in [4.78, 5) is 0. The number of aliphatic hydroxyl groups excluding tert-OH is 1. The highest BCUT2D eigenvalue weighted by molar-refractivity contribution is 8.00. The minimum absolute atomic E-state index is 0.109. The molecule has 0 bridgehead atoms. The summed E-state index contributed by atoms with van der Waals surface area (Å²) in [5.41, 5.74) is 5.98. The van der Waals surface area contributed by atoms with E-state index in [0.717, 1.165) is 13.0 Å². The zero-order valence-electron chi connectivity index (χ0n) is 8.96. The first-order valence-corrected chi connectivity index (χ1v) is 6.47. The molecule has 4 N–H and O–H groups in total. The van der Waals surface area contributed by atoms with Crippen LogP contribution in [0, 0.1) is 0 Å². The average Bonchev–Trinajstić information content (AvgIpc) is 2.21. The molecule has 1 aliphatic rings. The predicted octanol–water partition coefficient (Wildman–Crippen LogP) is 0.571. The molecule has 0 aromatic rings. The lowest BCUT2D eigenvalue weighted by atomic mass is 9.89. The van der Waals surface area contributed by atoms with Crippen LogP contribution in [0.4, 0.5) is 0 Å². The molecule has 4 heteroatoms. The van der Waals surface area contributed by atoms with Crippen LogP contribution >= 0.6 is 11.8 Å². The Kier molecular flexibility index (Phi) is 5.23. The molecule has 0 saturated carbocycles. The fourth-order valence-electron chi connectivity index (χ4n) is 2.00. The van der Waals surface area contributed by atoms with E-state index in [1.807, 2.05) is 11.8 Å². The summed E-state index contributed by atoms with van der Waals surface area (Å²) in [6.07, 6.45) is 3.24. The van der Waals surface area contributed by atoms with Crippen LogP contribution in [-0.2, 0) is 0 Å². The molecule has 3 nitrogen and oxygen atoms in total. The van der Waals surface area contributed by atoms with E-state index in [1.165, 1.54) is 18.6 Å². The number of aliphatic hydroxyl groups is 1. The number of nitrogens with one attached hydrogen (secondary N) is 1. The van der Waals surface area contributed by atoms with E-state index in [1.54, 1.807) is 0 Å². The van der Waals surface area contributed by atoms with Crippen LogP contribution in [0.15, 0.2) is 0 Å². The smallest absolute Gasteiger partial charge is 0.0443 e. The second-order valence-corrected chi connectivity index (χ2v) is 5.43. The lowest BCUT2D eigenvalue weighted by molar-refractivity contribution is 0.256. The third kappa shape index (κ3) is 2.86. The Morgan fingerprint density at radius 2 is 2.43 bits per heavy atom. The maximum atomic E-state index is 8.74. The van der Waals surface area contributed by atoms with E-state index in [2.05, 4.69) is 12.2 Å². The topological polar surface area (TPSA) is 58.3 Å². The molecule has 0 aliphatic carbocycles. The Bertz CT molecular complexity index is 168. The molecule has 14 heavy (non-hydrogen) atoms. The second kappa shape index (κ2) is 5.95. The van der Waals surface area contributed by atoms with Gasteiger partial charge < -0.3 is 16.2 Å². The van der Waals surface area contributed by atoms with Crippen LogP contribution in [0.1, 0.15) is 26.2 Å². The van der Waals surface area contributed by atoms with Crippen molar-refractivity contribution in [2.45, 2.75) is 37.0 Å². The Morgan fingerprint density at radius 3 is 3.00 bits per heavy atom. The van der Waals surface area contributed by atoms with Gasteiger partial charge in [-0.2, -0.15) is 11.8 Å². The van der Waals surface area contributed by atoms with Crippen LogP contribution in [0.2, 0.25) is 0 Å². The van der Waals surface area contributed by atoms with Crippen molar-refractivity contribution in [3.63, 3.8) is 0 Å². The minimum Gasteiger partial charge on any atom is -0.396 e. The van der Waals surface area contributed by atoms with Crippen LogP contribution < -0.4 is 11.1 Å². The average molecular weight is 218 g/mol. The van der Waals surface area contributed by atoms with Gasteiger partial charge in [-0.3, -0.25) is 0 Å². The molecule has 0 aromatic heterocycles. The quantitative estimate of drug-likeness (QED) is 0.591. The van der Waals surface area contributed by atoms with E-state index >= 15 is 0 Å². The maximum absolute atomic E-state index is 8.74. The van der Waals surface area contributed by atoms with Gasteiger partial charge in [-0.15, -0.1) is 0 Å². The van der Waals surface area contributed by atoms with E-state index in [9.17, 15) is 0 Å². The minimum atomic E-state index is 0.109. The largest absolute Gasteiger partial charge is 0.396 e. The zero-order chi connectivity index (χ0) is 10.4. The van der Waals surface area contributed by atoms with Gasteiger partial charge in [0.05, 0.1) is 0 Å². The van der Waals surface area contributed by atoms with Gasteiger partial charge in [0.25, 0.3) is 0 Å². The van der Waals surface area contributed by atoms with Gasteiger partial charge in [-0.1, -0.05) is 6.92 Å². The van der Waals surface area contributed by atoms with Gasteiger partial charge in [0, 0.05) is 23.9 Å². The second-order valence-electron chi connectivity index (χ2n) is 3.98. The highest BCUT2D eigenvalue weighted by atomic mass is 32.2. The van der Waals surface area contributed by atoms with Gasteiger partial charge in [-0.05, 0) is 31.6 Å². The highest BCUT2D eigenvalue weighted by Crippen LogP contribution is 2.33. The van der Waals surface area contributed by atoms with Gasteiger partial charge in [0.1, 0.15) is 0 Å². The van der Waals surface area contributed by atoms with Crippen molar-refractivity contribution < 1.29 is 5.11 Å². The standard InChI is InChI=1S/C10H22N2OS/c1-9-10(8-11,4-2-7-14-9)12-5-3-6-13/h9,12-13H,2-8,11H2,1H3. The van der Waals surface area contributed by atoms with Crippen molar-refractivity contribution in [3.05, 3.63) is 0 Å². The summed E-state index contributed by atoms with van der Waals surface area (Å²) in [5.74, 6) is 1.25. The van der Waals surface area contributed by atoms with Crippen LogP contribution in [-0.4, -0.2) is 41.3 Å². The number of thioether (sulfide) groups is 1. The monoisotopic (exact) mass is 218 g/mol. The number of rotatable bonds is 5. The number of nitrogens with two attached hydrogens (primary N) is 1. The van der Waals surface area contributed by atoms with Crippen molar-refractivity contribution in [1.82, 2.24) is 5.32 Å². The first kappa shape index (κ1) is 12.3. The third-order valence-electron chi connectivity index (χ3n) is 3.09. The molecule has 1 aliphatic heterocycles. The number of hydrogen-bond donors (Lipinski definition) is 3. The molecule has 84 valence electrons. The van der Waals surface area contributed by atoms with Crippen LogP contribution in [0.25, 0.3) is 0 Å². The molecule has 0 aromatic carbocycles. The predicted molar refractivity (Wildman–Crippen MR) is 62.6 cm³/mol. The molecule has 2 atom stereocenters. The molecule has 1 saturated heterocycles. The first-order chi connectivity index (χ1) is 6.75. The molecule has 0 amide bonds. The van der Waals surface area contributed by atoms with Crippen LogP contribution in [0.5, 0.6) is 0 Å². The van der Waals surface area contributed by atoms with Gasteiger partial charge in [-0.25, -0.2) is 0 Å². The Hall–Kier alpha value is 0.230. The lowest BCUT2D eigenvalue weighted by Gasteiger charge is -2.42. The van der Waals surface area contributed by atoms with E-state index in [4.69, 9.17) is 10.8 Å². The van der Waals surface area contributed by atoms with E-state index < -0.39 is 0 Å². The number of hydrogen-bond acceptors (Lipinski definition) is 4. The molecule has 1 rings (SSSR count). The SMILES string of the molecule is CC1SCCCC1(CN)NCCCO. The van der Waals surface area contributed by atoms with E-state index in [-0.39, 0.29) is 12.1 Å². The molecule has 1 heterocycles. The van der Waals surface area contributed by atoms with Crippen molar-refractivity contribution in [2.24, 2.45) is 5.73 Å². The Morgan fingerprint density at radius 1 is 1.64 bits per heavy atom. The Labute approximate surface area is 90.8 Å². The molecular weight excluding hydrogens is 196 g/mol. The molecule has 2 unspecified atom stereocenters. The van der Waals surface area contributed by atoms with Crippen molar-refractivity contribution in [3.8, 4) is 0 Å². The summed E-state index contributed by atoms with van der Waals surface area (Å²) >= 11 is 2.00. The fraction of sp³-hybridized carbons (Fsp3) is 1.00. The summed E-state index contributed by atoms with van der Waals surface area (Å²) in [6.45, 7) is 4.09. The van der Waals surface area contributed by atoms with Gasteiger partial charge in [0.15, 0.2) is 0 Å². The molecular formula is C10H22N2OS. The normalized spacial score (nSPS) is 33.2. The zero-order valence-corrected chi connectivity index (χ0v) is 9.78. The van der Waals surface area contributed by atoms with Crippen LogP contribution in [0.3, 0.4) is 0 Å². The third-order valence-corrected chi connectivity index (χ3v) is 4.57. The summed E-state index contributed by atoms with van der Waals surface area (Å²) in [7, 11) is 0. The molecule has 0 radical (unpaired) electrons. The Balaban J connectivity index is 2.45. The van der Waals surface area contributed by atoms with Gasteiger partial charge in [0.2, 0.25) is 0 Å². The summed E-state index contributed by atoms with van der Waals surface area (Å²) < 4.78 is 0. The highest BCUT2D eigenvalue weighted by Gasteiger charge is 2.36. The van der Waals surface area contributed by atoms with Gasteiger partial charge >= 0.3 is 0 Å².